The molecule has 0 aliphatic rings. The van der Waals surface area contributed by atoms with E-state index < -0.39 is 0 Å². The van der Waals surface area contributed by atoms with Crippen molar-refractivity contribution in [1.82, 2.24) is 5.32 Å². The zero-order valence-electron chi connectivity index (χ0n) is 9.55. The van der Waals surface area contributed by atoms with E-state index in [0.29, 0.717) is 24.3 Å². The standard InChI is InChI=1S/C11H23NO/c1-8(2)6-7-11(13)12-10(5)9(3)4/h8-10H,6-7H2,1-5H3,(H,12,13). The van der Waals surface area contributed by atoms with Crippen LogP contribution in [0.25, 0.3) is 0 Å². The Morgan fingerprint density at radius 1 is 1.15 bits per heavy atom. The third kappa shape index (κ3) is 6.62. The van der Waals surface area contributed by atoms with Gasteiger partial charge in [-0.15, -0.1) is 0 Å². The van der Waals surface area contributed by atoms with Gasteiger partial charge in [0.15, 0.2) is 0 Å². The Morgan fingerprint density at radius 2 is 1.69 bits per heavy atom. The second kappa shape index (κ2) is 6.01. The van der Waals surface area contributed by atoms with Crippen molar-refractivity contribution in [3.63, 3.8) is 0 Å². The van der Waals surface area contributed by atoms with Gasteiger partial charge in [0.1, 0.15) is 0 Å². The fraction of sp³-hybridized carbons (Fsp3) is 0.909. The molecule has 0 fully saturated rings. The molecule has 1 atom stereocenters. The molecule has 1 unspecified atom stereocenters. The van der Waals surface area contributed by atoms with Crippen LogP contribution in [0.15, 0.2) is 0 Å². The Hall–Kier alpha value is -0.530. The molecule has 1 N–H and O–H groups in total. The number of nitrogens with one attached hydrogen (secondary N) is 1. The van der Waals surface area contributed by atoms with E-state index in [2.05, 4.69) is 39.9 Å². The van der Waals surface area contributed by atoms with Crippen LogP contribution >= 0.6 is 0 Å². The van der Waals surface area contributed by atoms with E-state index in [0.717, 1.165) is 6.42 Å². The van der Waals surface area contributed by atoms with Crippen LogP contribution in [-0.4, -0.2) is 11.9 Å². The van der Waals surface area contributed by atoms with Crippen molar-refractivity contribution in [3.8, 4) is 0 Å². The first-order valence-corrected chi connectivity index (χ1v) is 5.22. The van der Waals surface area contributed by atoms with Crippen molar-refractivity contribution >= 4 is 5.91 Å². The van der Waals surface area contributed by atoms with Crippen LogP contribution in [0.1, 0.15) is 47.5 Å². The molecular formula is C11H23NO. The summed E-state index contributed by atoms with van der Waals surface area (Å²) in [6, 6.07) is 0.291. The van der Waals surface area contributed by atoms with Crippen molar-refractivity contribution in [3.05, 3.63) is 0 Å². The lowest BCUT2D eigenvalue weighted by atomic mass is 10.0. The molecule has 0 aromatic carbocycles. The van der Waals surface area contributed by atoms with Gasteiger partial charge in [-0.3, -0.25) is 4.79 Å². The summed E-state index contributed by atoms with van der Waals surface area (Å²) in [5.41, 5.74) is 0. The summed E-state index contributed by atoms with van der Waals surface area (Å²) in [5.74, 6) is 1.32. The fourth-order valence-corrected chi connectivity index (χ4v) is 0.913. The number of carbonyl (C=O) groups excluding carboxylic acids is 1. The SMILES string of the molecule is CC(C)CCC(=O)NC(C)C(C)C. The lowest BCUT2D eigenvalue weighted by Crippen LogP contribution is -2.36. The molecule has 0 saturated heterocycles. The molecule has 0 aromatic rings. The smallest absolute Gasteiger partial charge is 0.220 e. The number of rotatable bonds is 5. The molecule has 0 rings (SSSR count). The van der Waals surface area contributed by atoms with Crippen molar-refractivity contribution in [2.75, 3.05) is 0 Å². The monoisotopic (exact) mass is 185 g/mol. The topological polar surface area (TPSA) is 29.1 Å². The summed E-state index contributed by atoms with van der Waals surface area (Å²) in [4.78, 5) is 11.4. The van der Waals surface area contributed by atoms with Crippen molar-refractivity contribution in [2.45, 2.75) is 53.5 Å². The average Bonchev–Trinajstić information content (AvgIpc) is 2.00. The number of hydrogen-bond acceptors (Lipinski definition) is 1. The van der Waals surface area contributed by atoms with E-state index in [4.69, 9.17) is 0 Å². The molecule has 0 saturated carbocycles. The van der Waals surface area contributed by atoms with Crippen LogP contribution in [-0.2, 0) is 4.79 Å². The molecule has 0 radical (unpaired) electrons. The van der Waals surface area contributed by atoms with E-state index in [9.17, 15) is 4.79 Å². The van der Waals surface area contributed by atoms with Gasteiger partial charge in [-0.25, -0.2) is 0 Å². The lowest BCUT2D eigenvalue weighted by molar-refractivity contribution is -0.122. The Balaban J connectivity index is 3.62. The summed E-state index contributed by atoms with van der Waals surface area (Å²) in [5, 5.41) is 3.00. The highest BCUT2D eigenvalue weighted by Crippen LogP contribution is 2.05. The number of hydrogen-bond donors (Lipinski definition) is 1. The minimum absolute atomic E-state index is 0.190. The zero-order chi connectivity index (χ0) is 10.4. The second-order valence-electron chi connectivity index (χ2n) is 4.53. The summed E-state index contributed by atoms with van der Waals surface area (Å²) in [6.45, 7) is 10.6. The minimum Gasteiger partial charge on any atom is -0.353 e. The molecule has 0 bridgehead atoms. The average molecular weight is 185 g/mol. The van der Waals surface area contributed by atoms with Crippen LogP contribution in [0, 0.1) is 11.8 Å². The molecule has 78 valence electrons. The van der Waals surface area contributed by atoms with Crippen molar-refractivity contribution in [2.24, 2.45) is 11.8 Å². The summed E-state index contributed by atoms with van der Waals surface area (Å²) < 4.78 is 0. The molecule has 0 heterocycles. The molecule has 0 aromatic heterocycles. The third-order valence-corrected chi connectivity index (χ3v) is 2.34. The van der Waals surface area contributed by atoms with Crippen LogP contribution in [0.3, 0.4) is 0 Å². The maximum absolute atomic E-state index is 11.4. The highest BCUT2D eigenvalue weighted by atomic mass is 16.1. The van der Waals surface area contributed by atoms with E-state index >= 15 is 0 Å². The molecular weight excluding hydrogens is 162 g/mol. The summed E-state index contributed by atoms with van der Waals surface area (Å²) in [7, 11) is 0. The Bertz CT molecular complexity index is 152. The van der Waals surface area contributed by atoms with E-state index in [1.165, 1.54) is 0 Å². The fourth-order valence-electron chi connectivity index (χ4n) is 0.913. The maximum atomic E-state index is 11.4. The highest BCUT2D eigenvalue weighted by Gasteiger charge is 2.10. The van der Waals surface area contributed by atoms with Gasteiger partial charge < -0.3 is 5.32 Å². The molecule has 0 spiro atoms. The number of carbonyl (C=O) groups is 1. The summed E-state index contributed by atoms with van der Waals surface area (Å²) >= 11 is 0. The van der Waals surface area contributed by atoms with Crippen LogP contribution in [0.4, 0.5) is 0 Å². The van der Waals surface area contributed by atoms with Gasteiger partial charge in [0.2, 0.25) is 5.91 Å². The quantitative estimate of drug-likeness (QED) is 0.701. The summed E-state index contributed by atoms with van der Waals surface area (Å²) in [6.07, 6.45) is 1.64. The van der Waals surface area contributed by atoms with Gasteiger partial charge >= 0.3 is 0 Å². The minimum atomic E-state index is 0.190. The molecule has 13 heavy (non-hydrogen) atoms. The van der Waals surface area contributed by atoms with Gasteiger partial charge in [0.05, 0.1) is 0 Å². The van der Waals surface area contributed by atoms with Crippen LogP contribution in [0.5, 0.6) is 0 Å². The normalized spacial score (nSPS) is 13.5. The molecule has 2 nitrogen and oxygen atoms in total. The molecule has 1 amide bonds. The Labute approximate surface area is 82.1 Å². The Morgan fingerprint density at radius 3 is 2.08 bits per heavy atom. The van der Waals surface area contributed by atoms with E-state index in [1.807, 2.05) is 0 Å². The molecule has 0 aliphatic carbocycles. The van der Waals surface area contributed by atoms with Gasteiger partial charge in [0, 0.05) is 12.5 Å². The van der Waals surface area contributed by atoms with Gasteiger partial charge in [-0.05, 0) is 25.2 Å². The first-order chi connectivity index (χ1) is 5.93. The van der Waals surface area contributed by atoms with Gasteiger partial charge in [0.25, 0.3) is 0 Å². The van der Waals surface area contributed by atoms with Crippen molar-refractivity contribution in [1.29, 1.82) is 0 Å². The van der Waals surface area contributed by atoms with Gasteiger partial charge in [-0.2, -0.15) is 0 Å². The maximum Gasteiger partial charge on any atom is 0.220 e. The van der Waals surface area contributed by atoms with E-state index in [-0.39, 0.29) is 5.91 Å². The third-order valence-electron chi connectivity index (χ3n) is 2.34. The first kappa shape index (κ1) is 12.5. The molecule has 0 aliphatic heterocycles. The number of amides is 1. The first-order valence-electron chi connectivity index (χ1n) is 5.22. The van der Waals surface area contributed by atoms with E-state index in [1.54, 1.807) is 0 Å². The van der Waals surface area contributed by atoms with Crippen molar-refractivity contribution < 1.29 is 4.79 Å². The van der Waals surface area contributed by atoms with Crippen LogP contribution in [0.2, 0.25) is 0 Å². The largest absolute Gasteiger partial charge is 0.353 e. The second-order valence-corrected chi connectivity index (χ2v) is 4.53. The predicted octanol–water partition coefficient (Wildman–Crippen LogP) is 2.58. The van der Waals surface area contributed by atoms with Gasteiger partial charge in [-0.1, -0.05) is 27.7 Å². The van der Waals surface area contributed by atoms with Crippen LogP contribution < -0.4 is 5.32 Å². The zero-order valence-corrected chi connectivity index (χ0v) is 9.55. The lowest BCUT2D eigenvalue weighted by Gasteiger charge is -2.17. The Kier molecular flexibility index (Phi) is 5.76. The molecule has 2 heteroatoms. The highest BCUT2D eigenvalue weighted by molar-refractivity contribution is 5.76. The predicted molar refractivity (Wildman–Crippen MR) is 56.5 cm³/mol.